The van der Waals surface area contributed by atoms with Crippen LogP contribution in [0, 0.1) is 0 Å². The molecular formula is C20H25N5O2S. The molecule has 0 saturated carbocycles. The van der Waals surface area contributed by atoms with Gasteiger partial charge in [-0.1, -0.05) is 19.1 Å². The van der Waals surface area contributed by atoms with E-state index in [4.69, 9.17) is 9.72 Å². The van der Waals surface area contributed by atoms with E-state index in [1.54, 1.807) is 12.5 Å². The third kappa shape index (κ3) is 3.79. The summed E-state index contributed by atoms with van der Waals surface area (Å²) in [5.74, 6) is 2.31. The van der Waals surface area contributed by atoms with Crippen molar-refractivity contribution in [1.29, 1.82) is 0 Å². The first-order valence-electron chi connectivity index (χ1n) is 9.55. The summed E-state index contributed by atoms with van der Waals surface area (Å²) in [5.41, 5.74) is 3.00. The Labute approximate surface area is 166 Å². The van der Waals surface area contributed by atoms with Crippen LogP contribution in [0.4, 0.5) is 11.6 Å². The van der Waals surface area contributed by atoms with E-state index in [1.165, 1.54) is 0 Å². The molecule has 2 aromatic heterocycles. The number of nitrogens with zero attached hydrogens (tertiary/aromatic N) is 5. The van der Waals surface area contributed by atoms with E-state index in [2.05, 4.69) is 38.3 Å². The third-order valence-electron chi connectivity index (χ3n) is 5.09. The van der Waals surface area contributed by atoms with Crippen molar-refractivity contribution >= 4 is 27.4 Å². The first-order chi connectivity index (χ1) is 13.5. The molecule has 148 valence electrons. The molecule has 2 atom stereocenters. The van der Waals surface area contributed by atoms with Crippen molar-refractivity contribution in [3.05, 3.63) is 35.7 Å². The highest BCUT2D eigenvalue weighted by Crippen LogP contribution is 2.31. The molecule has 1 fully saturated rings. The topological polar surface area (TPSA) is 80.6 Å². The maximum atomic E-state index is 12.6. The van der Waals surface area contributed by atoms with Gasteiger partial charge in [-0.3, -0.25) is 4.98 Å². The zero-order valence-electron chi connectivity index (χ0n) is 16.5. The number of anilines is 1. The Bertz CT molecular complexity index is 1040. The van der Waals surface area contributed by atoms with Crippen LogP contribution in [0.3, 0.4) is 0 Å². The summed E-state index contributed by atoms with van der Waals surface area (Å²) in [6.07, 6.45) is 8.44. The third-order valence-corrected chi connectivity index (χ3v) is 6.74. The molecule has 0 N–H and O–H groups in total. The monoisotopic (exact) mass is 399 g/mol. The molecule has 0 spiro atoms. The summed E-state index contributed by atoms with van der Waals surface area (Å²) in [6, 6.07) is 3.97. The number of aromatic nitrogens is 3. The van der Waals surface area contributed by atoms with Crippen molar-refractivity contribution < 1.29 is 8.95 Å². The van der Waals surface area contributed by atoms with Gasteiger partial charge in [0.1, 0.15) is 5.82 Å². The molecule has 0 radical (unpaired) electrons. The van der Waals surface area contributed by atoms with Crippen molar-refractivity contribution in [2.24, 2.45) is 4.36 Å². The quantitative estimate of drug-likeness (QED) is 0.786. The SMILES string of the molecule is CCS(C)(=O)=Nc1cc(N2CCOC[C@H]2C)nc(-c2ccnc3c2C=CC3)n1. The second kappa shape index (κ2) is 7.60. The van der Waals surface area contributed by atoms with Crippen LogP contribution < -0.4 is 4.90 Å². The second-order valence-electron chi connectivity index (χ2n) is 7.19. The number of allylic oxidation sites excluding steroid dienone is 1. The molecule has 8 heteroatoms. The van der Waals surface area contributed by atoms with Crippen molar-refractivity contribution in [3.63, 3.8) is 0 Å². The number of hydrogen-bond donors (Lipinski definition) is 0. The second-order valence-corrected chi connectivity index (χ2v) is 9.87. The molecule has 2 aromatic rings. The van der Waals surface area contributed by atoms with Gasteiger partial charge in [-0.25, -0.2) is 14.2 Å². The maximum Gasteiger partial charge on any atom is 0.167 e. The fourth-order valence-corrected chi connectivity index (χ4v) is 4.03. The summed E-state index contributed by atoms with van der Waals surface area (Å²) in [6.45, 7) is 6.04. The number of ether oxygens (including phenoxy) is 1. The van der Waals surface area contributed by atoms with Crippen LogP contribution in [0.1, 0.15) is 25.1 Å². The molecule has 1 saturated heterocycles. The molecule has 3 heterocycles. The average Bonchev–Trinajstić information content (AvgIpc) is 3.16. The fourth-order valence-electron chi connectivity index (χ4n) is 3.41. The summed E-state index contributed by atoms with van der Waals surface area (Å²) < 4.78 is 22.6. The van der Waals surface area contributed by atoms with Gasteiger partial charge in [-0.05, 0) is 13.0 Å². The van der Waals surface area contributed by atoms with Crippen LogP contribution in [0.15, 0.2) is 28.8 Å². The maximum absolute atomic E-state index is 12.6. The number of fused-ring (bicyclic) bond motifs is 1. The van der Waals surface area contributed by atoms with Gasteiger partial charge in [0.05, 0.1) is 34.7 Å². The predicted octanol–water partition coefficient (Wildman–Crippen LogP) is 3.08. The highest BCUT2D eigenvalue weighted by Gasteiger charge is 2.23. The Morgan fingerprint density at radius 1 is 1.39 bits per heavy atom. The Kier molecular flexibility index (Phi) is 5.16. The Balaban J connectivity index is 1.88. The van der Waals surface area contributed by atoms with Crippen LogP contribution in [0.5, 0.6) is 0 Å². The molecule has 0 amide bonds. The number of pyridine rings is 1. The van der Waals surface area contributed by atoms with Gasteiger partial charge in [0.2, 0.25) is 0 Å². The number of rotatable bonds is 4. The zero-order valence-corrected chi connectivity index (χ0v) is 17.3. The van der Waals surface area contributed by atoms with Crippen molar-refractivity contribution in [2.75, 3.05) is 36.7 Å². The minimum Gasteiger partial charge on any atom is -0.377 e. The van der Waals surface area contributed by atoms with Gasteiger partial charge in [-0.15, -0.1) is 0 Å². The van der Waals surface area contributed by atoms with Crippen molar-refractivity contribution in [1.82, 2.24) is 15.0 Å². The van der Waals surface area contributed by atoms with E-state index in [0.29, 0.717) is 30.6 Å². The molecule has 4 rings (SSSR count). The summed E-state index contributed by atoms with van der Waals surface area (Å²) >= 11 is 0. The lowest BCUT2D eigenvalue weighted by Crippen LogP contribution is -2.44. The van der Waals surface area contributed by atoms with Crippen LogP contribution in [-0.4, -0.2) is 57.0 Å². The van der Waals surface area contributed by atoms with E-state index in [9.17, 15) is 4.21 Å². The van der Waals surface area contributed by atoms with Gasteiger partial charge in [-0.2, -0.15) is 4.36 Å². The molecule has 1 aliphatic carbocycles. The van der Waals surface area contributed by atoms with E-state index < -0.39 is 9.73 Å². The summed E-state index contributed by atoms with van der Waals surface area (Å²) in [7, 11) is -2.33. The number of hydrogen-bond acceptors (Lipinski definition) is 7. The average molecular weight is 400 g/mol. The molecular weight excluding hydrogens is 374 g/mol. The summed E-state index contributed by atoms with van der Waals surface area (Å²) in [5, 5.41) is 0. The van der Waals surface area contributed by atoms with Crippen LogP contribution in [-0.2, 0) is 20.9 Å². The van der Waals surface area contributed by atoms with E-state index >= 15 is 0 Å². The molecule has 1 aliphatic heterocycles. The number of morpholine rings is 1. The van der Waals surface area contributed by atoms with Gasteiger partial charge >= 0.3 is 0 Å². The lowest BCUT2D eigenvalue weighted by molar-refractivity contribution is 0.0985. The molecule has 0 aromatic carbocycles. The van der Waals surface area contributed by atoms with Gasteiger partial charge < -0.3 is 9.64 Å². The van der Waals surface area contributed by atoms with E-state index in [-0.39, 0.29) is 6.04 Å². The van der Waals surface area contributed by atoms with E-state index in [0.717, 1.165) is 35.6 Å². The minimum atomic E-state index is -2.33. The lowest BCUT2D eigenvalue weighted by atomic mass is 10.1. The van der Waals surface area contributed by atoms with Gasteiger partial charge in [0.15, 0.2) is 11.6 Å². The van der Waals surface area contributed by atoms with Crippen LogP contribution in [0.25, 0.3) is 17.5 Å². The normalized spacial score (nSPS) is 20.7. The fraction of sp³-hybridized carbons (Fsp3) is 0.450. The first kappa shape index (κ1) is 19.0. The summed E-state index contributed by atoms with van der Waals surface area (Å²) in [4.78, 5) is 16.2. The van der Waals surface area contributed by atoms with Crippen molar-refractivity contribution in [2.45, 2.75) is 26.3 Å². The highest BCUT2D eigenvalue weighted by atomic mass is 32.2. The van der Waals surface area contributed by atoms with Gasteiger partial charge in [0.25, 0.3) is 0 Å². The molecule has 7 nitrogen and oxygen atoms in total. The van der Waals surface area contributed by atoms with Crippen LogP contribution >= 0.6 is 0 Å². The zero-order chi connectivity index (χ0) is 19.7. The van der Waals surface area contributed by atoms with Gasteiger partial charge in [0, 0.05) is 48.4 Å². The molecule has 0 bridgehead atoms. The largest absolute Gasteiger partial charge is 0.377 e. The Hall–Kier alpha value is -2.32. The standard InChI is InChI=1S/C20H25N5O2S/c1-4-28(3,26)24-18-12-19(25-10-11-27-13-14(25)2)23-20(22-18)16-8-9-21-17-7-5-6-15(16)17/h5-6,8-9,12,14H,4,7,10-11,13H2,1-3H3/t14-,28?/m1/s1. The van der Waals surface area contributed by atoms with E-state index in [1.807, 2.05) is 19.1 Å². The molecule has 2 aliphatic rings. The minimum absolute atomic E-state index is 0.199. The smallest absolute Gasteiger partial charge is 0.167 e. The van der Waals surface area contributed by atoms with Crippen molar-refractivity contribution in [3.8, 4) is 11.4 Å². The Morgan fingerprint density at radius 3 is 3.04 bits per heavy atom. The first-order valence-corrected chi connectivity index (χ1v) is 11.6. The van der Waals surface area contributed by atoms with Crippen LogP contribution in [0.2, 0.25) is 0 Å². The molecule has 1 unspecified atom stereocenters. The molecule has 28 heavy (non-hydrogen) atoms. The predicted molar refractivity (Wildman–Crippen MR) is 112 cm³/mol. The lowest BCUT2D eigenvalue weighted by Gasteiger charge is -2.34. The Morgan fingerprint density at radius 2 is 2.25 bits per heavy atom. The highest BCUT2D eigenvalue weighted by molar-refractivity contribution is 7.93.